The highest BCUT2D eigenvalue weighted by molar-refractivity contribution is 7.54. The van der Waals surface area contributed by atoms with Gasteiger partial charge in [-0.2, -0.15) is 0 Å². The minimum atomic E-state index is -4.69. The number of amides is 3. The van der Waals surface area contributed by atoms with Gasteiger partial charge in [-0.05, 0) is 79.4 Å². The zero-order valence-corrected chi connectivity index (χ0v) is 28.1. The molecular weight excluding hydrogens is 623 g/mol. The number of cyclic esters (lactones) is 1. The topological polar surface area (TPSA) is 167 Å². The van der Waals surface area contributed by atoms with Gasteiger partial charge in [0.15, 0.2) is 0 Å². The summed E-state index contributed by atoms with van der Waals surface area (Å²) in [5, 5.41) is 5.70. The summed E-state index contributed by atoms with van der Waals surface area (Å²) in [6, 6.07) is 6.12. The van der Waals surface area contributed by atoms with E-state index in [2.05, 4.69) is 27.8 Å². The molecule has 2 unspecified atom stereocenters. The van der Waals surface area contributed by atoms with E-state index in [1.54, 1.807) is 6.20 Å². The van der Waals surface area contributed by atoms with Crippen LogP contribution in [0.3, 0.4) is 0 Å². The van der Waals surface area contributed by atoms with E-state index >= 15 is 0 Å². The summed E-state index contributed by atoms with van der Waals surface area (Å²) in [4.78, 5) is 68.1. The Balaban J connectivity index is 1.35. The van der Waals surface area contributed by atoms with Gasteiger partial charge in [0.05, 0.1) is 13.2 Å². The van der Waals surface area contributed by atoms with Crippen LogP contribution in [0.25, 0.3) is 10.8 Å². The third-order valence-electron chi connectivity index (χ3n) is 10.7. The van der Waals surface area contributed by atoms with Crippen molar-refractivity contribution in [3.63, 3.8) is 0 Å². The lowest BCUT2D eigenvalue weighted by atomic mass is 9.83. The van der Waals surface area contributed by atoms with Crippen LogP contribution in [-0.2, 0) is 25.3 Å². The minimum Gasteiger partial charge on any atom is -0.472 e. The lowest BCUT2D eigenvalue weighted by molar-refractivity contribution is -0.141. The Hall–Kier alpha value is -3.21. The van der Waals surface area contributed by atoms with E-state index in [1.807, 2.05) is 26.0 Å². The van der Waals surface area contributed by atoms with Gasteiger partial charge in [0.25, 0.3) is 0 Å². The SMILES string of the molecule is CCC1CC1(NC(=O)[C@@H]1C[C@@H]2CN1C(=O)[C@H](C1CCCCC1)NC(=O)OC[C@@H](C)CCCc1ccc3ccnc(c3c1)O2)P(=O)(O)O. The number of fused-ring (bicyclic) bond motifs is 3. The molecule has 12 nitrogen and oxygen atoms in total. The molecule has 3 heterocycles. The Labute approximate surface area is 275 Å². The highest BCUT2D eigenvalue weighted by Gasteiger charge is 2.66. The first-order chi connectivity index (χ1) is 22.5. The van der Waals surface area contributed by atoms with E-state index in [4.69, 9.17) is 9.47 Å². The number of nitrogens with zero attached hydrogens (tertiary/aromatic N) is 2. The summed E-state index contributed by atoms with van der Waals surface area (Å²) < 4.78 is 24.7. The Morgan fingerprint density at radius 2 is 1.94 bits per heavy atom. The van der Waals surface area contributed by atoms with Crippen LogP contribution >= 0.6 is 7.60 Å². The third kappa shape index (κ3) is 7.15. The Kier molecular flexibility index (Phi) is 9.84. The number of rotatable bonds is 5. The van der Waals surface area contributed by atoms with Gasteiger partial charge in [0.1, 0.15) is 23.5 Å². The fraction of sp³-hybridized carbons (Fsp3) is 0.647. The van der Waals surface area contributed by atoms with Crippen LogP contribution in [-0.4, -0.2) is 74.2 Å². The first-order valence-electron chi connectivity index (χ1n) is 17.1. The molecule has 2 aliphatic heterocycles. The lowest BCUT2D eigenvalue weighted by Crippen LogP contribution is -2.57. The molecule has 2 aliphatic carbocycles. The van der Waals surface area contributed by atoms with Crippen molar-refractivity contribution >= 4 is 36.3 Å². The molecule has 2 saturated carbocycles. The molecule has 1 saturated heterocycles. The molecule has 3 fully saturated rings. The van der Waals surface area contributed by atoms with Gasteiger partial charge in [-0.3, -0.25) is 14.2 Å². The molecular formula is C34H47N4O8P. The van der Waals surface area contributed by atoms with E-state index in [0.29, 0.717) is 12.3 Å². The normalized spacial score (nSPS) is 31.0. The molecule has 4 aliphatic rings. The highest BCUT2D eigenvalue weighted by Crippen LogP contribution is 2.67. The third-order valence-corrected chi connectivity index (χ3v) is 12.4. The second-order valence-corrected chi connectivity index (χ2v) is 15.9. The maximum Gasteiger partial charge on any atom is 0.407 e. The highest BCUT2D eigenvalue weighted by atomic mass is 31.2. The Bertz CT molecular complexity index is 1540. The van der Waals surface area contributed by atoms with Gasteiger partial charge in [0, 0.05) is 18.0 Å². The molecule has 4 bridgehead atoms. The molecule has 256 valence electrons. The van der Waals surface area contributed by atoms with Crippen molar-refractivity contribution in [1.29, 1.82) is 0 Å². The summed E-state index contributed by atoms with van der Waals surface area (Å²) in [6.45, 7) is 4.13. The number of carbonyl (C=O) groups excluding carboxylic acids is 3. The number of pyridine rings is 1. The Morgan fingerprint density at radius 1 is 1.15 bits per heavy atom. The monoisotopic (exact) mass is 670 g/mol. The number of aromatic nitrogens is 1. The summed E-state index contributed by atoms with van der Waals surface area (Å²) >= 11 is 0. The van der Waals surface area contributed by atoms with Crippen LogP contribution in [0.2, 0.25) is 0 Å². The van der Waals surface area contributed by atoms with Gasteiger partial charge < -0.3 is 34.8 Å². The Morgan fingerprint density at radius 3 is 2.66 bits per heavy atom. The molecule has 0 radical (unpaired) electrons. The van der Waals surface area contributed by atoms with E-state index in [0.717, 1.165) is 67.7 Å². The fourth-order valence-corrected chi connectivity index (χ4v) is 9.17. The number of benzene rings is 1. The molecule has 47 heavy (non-hydrogen) atoms. The van der Waals surface area contributed by atoms with Crippen molar-refractivity contribution in [3.05, 3.63) is 36.0 Å². The van der Waals surface area contributed by atoms with E-state index in [1.165, 1.54) is 4.90 Å². The number of aryl methyl sites for hydroxylation is 1. The molecule has 4 N–H and O–H groups in total. The number of hydrogen-bond donors (Lipinski definition) is 4. The minimum absolute atomic E-state index is 0.0474. The number of nitrogens with one attached hydrogen (secondary N) is 2. The quantitative estimate of drug-likeness (QED) is 0.331. The van der Waals surface area contributed by atoms with Crippen molar-refractivity contribution in [2.24, 2.45) is 17.8 Å². The van der Waals surface area contributed by atoms with Crippen LogP contribution in [0, 0.1) is 17.8 Å². The van der Waals surface area contributed by atoms with Crippen LogP contribution in [0.15, 0.2) is 30.5 Å². The maximum absolute atomic E-state index is 14.5. The zero-order chi connectivity index (χ0) is 33.3. The van der Waals surface area contributed by atoms with E-state index in [9.17, 15) is 28.7 Å². The van der Waals surface area contributed by atoms with Gasteiger partial charge >= 0.3 is 13.7 Å². The van der Waals surface area contributed by atoms with Crippen molar-refractivity contribution in [3.8, 4) is 5.88 Å². The molecule has 6 atom stereocenters. The molecule has 6 rings (SSSR count). The second kappa shape index (κ2) is 13.7. The van der Waals surface area contributed by atoms with E-state index < -0.39 is 49.0 Å². The van der Waals surface area contributed by atoms with Gasteiger partial charge in [-0.15, -0.1) is 0 Å². The van der Waals surface area contributed by atoms with Crippen LogP contribution < -0.4 is 15.4 Å². The predicted molar refractivity (Wildman–Crippen MR) is 175 cm³/mol. The number of ether oxygens (including phenoxy) is 2. The van der Waals surface area contributed by atoms with E-state index in [-0.39, 0.29) is 43.7 Å². The summed E-state index contributed by atoms with van der Waals surface area (Å²) in [5.41, 5.74) is 1.12. The largest absolute Gasteiger partial charge is 0.472 e. The number of hydrogen-bond acceptors (Lipinski definition) is 7. The standard InChI is InChI=1S/C34H47N4O8P/c1-3-25-18-34(25,47(42,43)44)37-30(39)28-17-26-19-38(28)32(40)29(24-10-5-4-6-11-24)36-33(41)45-20-21(2)8-7-9-22-12-13-23-14-15-35-31(46-26)27(23)16-22/h12-16,21,24-26,28-29H,3-11,17-20H2,1-2H3,(H,36,41)(H,37,39)(H2,42,43,44)/t21-,25?,26+,28-,29-,34?/m0/s1. The molecule has 3 amide bonds. The van der Waals surface area contributed by atoms with Crippen molar-refractivity contribution < 1.29 is 38.2 Å². The smallest absolute Gasteiger partial charge is 0.407 e. The van der Waals surface area contributed by atoms with Gasteiger partial charge in [-0.1, -0.05) is 51.7 Å². The molecule has 2 aromatic rings. The second-order valence-electron chi connectivity index (χ2n) is 14.0. The predicted octanol–water partition coefficient (Wildman–Crippen LogP) is 4.65. The molecule has 0 spiro atoms. The molecule has 13 heteroatoms. The number of alkyl carbamates (subject to hydrolysis) is 1. The summed E-state index contributed by atoms with van der Waals surface area (Å²) in [6.07, 6.45) is 8.13. The fourth-order valence-electron chi connectivity index (χ4n) is 7.80. The van der Waals surface area contributed by atoms with Crippen molar-refractivity contribution in [2.45, 2.75) is 108 Å². The van der Waals surface area contributed by atoms with Crippen molar-refractivity contribution in [1.82, 2.24) is 20.5 Å². The summed E-state index contributed by atoms with van der Waals surface area (Å²) in [7, 11) is -4.69. The number of carbonyl (C=O) groups is 3. The average molecular weight is 671 g/mol. The zero-order valence-electron chi connectivity index (χ0n) is 27.2. The molecule has 1 aromatic carbocycles. The van der Waals surface area contributed by atoms with Gasteiger partial charge in [-0.25, -0.2) is 9.78 Å². The van der Waals surface area contributed by atoms with Gasteiger partial charge in [0.2, 0.25) is 17.7 Å². The van der Waals surface area contributed by atoms with Crippen LogP contribution in [0.4, 0.5) is 4.79 Å². The first-order valence-corrected chi connectivity index (χ1v) is 18.8. The maximum atomic E-state index is 14.5. The summed E-state index contributed by atoms with van der Waals surface area (Å²) in [5.74, 6) is -1.04. The molecule has 1 aromatic heterocycles. The first kappa shape index (κ1) is 33.7. The lowest BCUT2D eigenvalue weighted by Gasteiger charge is -2.34. The van der Waals surface area contributed by atoms with Crippen LogP contribution in [0.1, 0.15) is 83.6 Å². The van der Waals surface area contributed by atoms with Crippen LogP contribution in [0.5, 0.6) is 5.88 Å². The van der Waals surface area contributed by atoms with Crippen molar-refractivity contribution in [2.75, 3.05) is 13.2 Å². The average Bonchev–Trinajstić information content (AvgIpc) is 3.63.